The van der Waals surface area contributed by atoms with Gasteiger partial charge in [-0.25, -0.2) is 0 Å². The number of H-pyrrole nitrogens is 1. The number of aromatic amines is 1. The van der Waals surface area contributed by atoms with Crippen molar-refractivity contribution in [2.75, 3.05) is 7.11 Å². The molecule has 0 saturated heterocycles. The molecule has 1 aliphatic rings. The van der Waals surface area contributed by atoms with Crippen LogP contribution in [0.3, 0.4) is 0 Å². The first-order valence-electron chi connectivity index (χ1n) is 11.0. The number of hydrogen-bond acceptors (Lipinski definition) is 3. The molecule has 8 heteroatoms. The fraction of sp³-hybridized carbons (Fsp3) is 0.400. The second-order valence-corrected chi connectivity index (χ2v) is 8.77. The van der Waals surface area contributed by atoms with Crippen LogP contribution in [0.4, 0.5) is 13.2 Å². The zero-order valence-corrected chi connectivity index (χ0v) is 19.0. The standard InChI is InChI=1S/C25H25ClF3NO3/c1-32-23(31)11-10-22-24(26)19-13-17(7-9-21(19)30-22)33-14-15-6-8-18(16-4-2-3-5-16)20(12-15)25(27,28)29/h6-9,12-13,16,30H,2-5,10-11,14H2,1H3. The predicted octanol–water partition coefficient (Wildman–Crippen LogP) is 7.18. The fourth-order valence-electron chi connectivity index (χ4n) is 4.48. The van der Waals surface area contributed by atoms with Gasteiger partial charge in [0.25, 0.3) is 0 Å². The highest BCUT2D eigenvalue weighted by molar-refractivity contribution is 6.36. The number of ether oxygens (including phenoxy) is 2. The van der Waals surface area contributed by atoms with Crippen LogP contribution in [0, 0.1) is 0 Å². The van der Waals surface area contributed by atoms with E-state index in [0.29, 0.717) is 34.0 Å². The minimum Gasteiger partial charge on any atom is -0.489 e. The lowest BCUT2D eigenvalue weighted by molar-refractivity contribution is -0.140. The van der Waals surface area contributed by atoms with Crippen LogP contribution in [0.5, 0.6) is 5.75 Å². The number of alkyl halides is 3. The van der Waals surface area contributed by atoms with Crippen LogP contribution in [0.2, 0.25) is 5.02 Å². The monoisotopic (exact) mass is 479 g/mol. The van der Waals surface area contributed by atoms with Crippen molar-refractivity contribution in [1.82, 2.24) is 4.98 Å². The minimum absolute atomic E-state index is 0.0107. The van der Waals surface area contributed by atoms with E-state index in [1.165, 1.54) is 13.2 Å². The first-order valence-corrected chi connectivity index (χ1v) is 11.3. The molecule has 33 heavy (non-hydrogen) atoms. The molecule has 3 aromatic rings. The number of aryl methyl sites for hydroxylation is 1. The average molecular weight is 480 g/mol. The Balaban J connectivity index is 1.51. The summed E-state index contributed by atoms with van der Waals surface area (Å²) in [7, 11) is 1.33. The second kappa shape index (κ2) is 9.67. The third-order valence-electron chi connectivity index (χ3n) is 6.21. The van der Waals surface area contributed by atoms with Crippen molar-refractivity contribution in [2.45, 2.75) is 57.2 Å². The summed E-state index contributed by atoms with van der Waals surface area (Å²) >= 11 is 6.46. The van der Waals surface area contributed by atoms with Crippen molar-refractivity contribution in [2.24, 2.45) is 0 Å². The number of nitrogens with one attached hydrogen (secondary N) is 1. The molecule has 1 aliphatic carbocycles. The van der Waals surface area contributed by atoms with Crippen molar-refractivity contribution in [3.05, 3.63) is 63.8 Å². The van der Waals surface area contributed by atoms with Gasteiger partial charge in [0, 0.05) is 16.6 Å². The van der Waals surface area contributed by atoms with Crippen molar-refractivity contribution >= 4 is 28.5 Å². The average Bonchev–Trinajstić information content (AvgIpc) is 3.44. The summed E-state index contributed by atoms with van der Waals surface area (Å²) in [4.78, 5) is 14.6. The number of esters is 1. The summed E-state index contributed by atoms with van der Waals surface area (Å²) in [5.41, 5.74) is 1.79. The Kier molecular flexibility index (Phi) is 6.88. The number of hydrogen-bond donors (Lipinski definition) is 1. The molecule has 1 heterocycles. The summed E-state index contributed by atoms with van der Waals surface area (Å²) in [6.45, 7) is 0.0107. The topological polar surface area (TPSA) is 51.3 Å². The molecule has 0 bridgehead atoms. The largest absolute Gasteiger partial charge is 0.489 e. The van der Waals surface area contributed by atoms with E-state index in [4.69, 9.17) is 16.3 Å². The zero-order chi connectivity index (χ0) is 23.6. The Bertz CT molecular complexity index is 1150. The fourth-order valence-corrected chi connectivity index (χ4v) is 4.78. The normalized spacial score (nSPS) is 14.7. The maximum atomic E-state index is 13.7. The lowest BCUT2D eigenvalue weighted by Crippen LogP contribution is -2.12. The van der Waals surface area contributed by atoms with Crippen LogP contribution in [-0.2, 0) is 28.7 Å². The van der Waals surface area contributed by atoms with Crippen LogP contribution in [0.15, 0.2) is 36.4 Å². The molecule has 1 N–H and O–H groups in total. The maximum Gasteiger partial charge on any atom is 0.416 e. The van der Waals surface area contributed by atoms with Crippen LogP contribution >= 0.6 is 11.6 Å². The van der Waals surface area contributed by atoms with E-state index < -0.39 is 11.7 Å². The van der Waals surface area contributed by atoms with Crippen LogP contribution < -0.4 is 4.74 Å². The molecular formula is C25H25ClF3NO3. The van der Waals surface area contributed by atoms with E-state index in [1.54, 1.807) is 30.3 Å². The van der Waals surface area contributed by atoms with Gasteiger partial charge in [0.05, 0.1) is 24.1 Å². The van der Waals surface area contributed by atoms with Crippen LogP contribution in [0.25, 0.3) is 10.9 Å². The SMILES string of the molecule is COC(=O)CCc1[nH]c2ccc(OCc3ccc(C4CCCC4)c(C(F)(F)F)c3)cc2c1Cl. The highest BCUT2D eigenvalue weighted by Crippen LogP contribution is 2.42. The Hall–Kier alpha value is -2.67. The van der Waals surface area contributed by atoms with Crippen molar-refractivity contribution in [3.8, 4) is 5.75 Å². The van der Waals surface area contributed by atoms with E-state index >= 15 is 0 Å². The number of methoxy groups -OCH3 is 1. The molecular weight excluding hydrogens is 455 g/mol. The molecule has 2 aromatic carbocycles. The first-order chi connectivity index (χ1) is 15.8. The van der Waals surface area contributed by atoms with Crippen LogP contribution in [0.1, 0.15) is 60.4 Å². The maximum absolute atomic E-state index is 13.7. The molecule has 0 unspecified atom stereocenters. The summed E-state index contributed by atoms with van der Waals surface area (Å²) < 4.78 is 51.6. The third kappa shape index (κ3) is 5.29. The number of aromatic nitrogens is 1. The van der Waals surface area contributed by atoms with Gasteiger partial charge < -0.3 is 14.5 Å². The lowest BCUT2D eigenvalue weighted by Gasteiger charge is -2.19. The predicted molar refractivity (Wildman–Crippen MR) is 121 cm³/mol. The molecule has 0 amide bonds. The molecule has 4 rings (SSSR count). The second-order valence-electron chi connectivity index (χ2n) is 8.39. The molecule has 0 spiro atoms. The molecule has 0 aliphatic heterocycles. The number of benzene rings is 2. The van der Waals surface area contributed by atoms with Gasteiger partial charge in [-0.2, -0.15) is 13.2 Å². The molecule has 4 nitrogen and oxygen atoms in total. The Morgan fingerprint density at radius 2 is 1.91 bits per heavy atom. The molecule has 0 atom stereocenters. The number of halogens is 4. The van der Waals surface area contributed by atoms with Crippen molar-refractivity contribution < 1.29 is 27.4 Å². The number of rotatable bonds is 7. The summed E-state index contributed by atoms with van der Waals surface area (Å²) in [5, 5.41) is 1.21. The van der Waals surface area contributed by atoms with E-state index in [2.05, 4.69) is 9.72 Å². The lowest BCUT2D eigenvalue weighted by atomic mass is 9.91. The molecule has 0 radical (unpaired) electrons. The van der Waals surface area contributed by atoms with Crippen molar-refractivity contribution in [3.63, 3.8) is 0 Å². The number of carbonyl (C=O) groups is 1. The highest BCUT2D eigenvalue weighted by Gasteiger charge is 2.36. The van der Waals surface area contributed by atoms with Gasteiger partial charge in [0.15, 0.2) is 0 Å². The van der Waals surface area contributed by atoms with E-state index in [9.17, 15) is 18.0 Å². The van der Waals surface area contributed by atoms with Crippen molar-refractivity contribution in [1.29, 1.82) is 0 Å². The summed E-state index contributed by atoms with van der Waals surface area (Å²) in [5.74, 6) is 0.144. The van der Waals surface area contributed by atoms with Crippen LogP contribution in [-0.4, -0.2) is 18.1 Å². The quantitative estimate of drug-likeness (QED) is 0.365. The van der Waals surface area contributed by atoms with E-state index in [1.807, 2.05) is 0 Å². The summed E-state index contributed by atoms with van der Waals surface area (Å²) in [6.07, 6.45) is -0.236. The van der Waals surface area contributed by atoms with Gasteiger partial charge in [0.2, 0.25) is 0 Å². The molecule has 1 fully saturated rings. The van der Waals surface area contributed by atoms with E-state index in [-0.39, 0.29) is 24.9 Å². The Labute approximate surface area is 195 Å². The molecule has 1 aromatic heterocycles. The Morgan fingerprint density at radius 1 is 1.15 bits per heavy atom. The van der Waals surface area contributed by atoms with Gasteiger partial charge in [-0.05, 0) is 60.6 Å². The van der Waals surface area contributed by atoms with Gasteiger partial charge in [-0.15, -0.1) is 0 Å². The smallest absolute Gasteiger partial charge is 0.416 e. The summed E-state index contributed by atoms with van der Waals surface area (Å²) in [6, 6.07) is 9.81. The zero-order valence-electron chi connectivity index (χ0n) is 18.2. The van der Waals surface area contributed by atoms with E-state index in [0.717, 1.165) is 36.6 Å². The minimum atomic E-state index is -4.40. The van der Waals surface area contributed by atoms with Gasteiger partial charge in [-0.3, -0.25) is 4.79 Å². The first kappa shape index (κ1) is 23.5. The highest BCUT2D eigenvalue weighted by atomic mass is 35.5. The van der Waals surface area contributed by atoms with Gasteiger partial charge >= 0.3 is 12.1 Å². The number of carbonyl (C=O) groups excluding carboxylic acids is 1. The molecule has 176 valence electrons. The molecule has 1 saturated carbocycles. The van der Waals surface area contributed by atoms with Gasteiger partial charge in [-0.1, -0.05) is 36.6 Å². The Morgan fingerprint density at radius 3 is 2.61 bits per heavy atom. The number of fused-ring (bicyclic) bond motifs is 1. The third-order valence-corrected chi connectivity index (χ3v) is 6.64. The van der Waals surface area contributed by atoms with Gasteiger partial charge in [0.1, 0.15) is 12.4 Å².